The molecule has 71 valence electrons. The van der Waals surface area contributed by atoms with Crippen molar-refractivity contribution in [2.75, 3.05) is 14.2 Å². The quantitative estimate of drug-likeness (QED) is 0.707. The third kappa shape index (κ3) is 1.39. The molecule has 0 bridgehead atoms. The summed E-state index contributed by atoms with van der Waals surface area (Å²) >= 11 is 0. The van der Waals surface area contributed by atoms with E-state index in [9.17, 15) is 0 Å². The van der Waals surface area contributed by atoms with Gasteiger partial charge in [0, 0.05) is 12.4 Å². The lowest BCUT2D eigenvalue weighted by Crippen LogP contribution is -1.88. The first-order chi connectivity index (χ1) is 6.85. The Kier molecular flexibility index (Phi) is 2.27. The van der Waals surface area contributed by atoms with E-state index in [1.54, 1.807) is 14.2 Å². The van der Waals surface area contributed by atoms with Crippen molar-refractivity contribution in [1.29, 1.82) is 0 Å². The summed E-state index contributed by atoms with van der Waals surface area (Å²) in [7, 11) is 3.48. The van der Waals surface area contributed by atoms with Crippen molar-refractivity contribution in [3.05, 3.63) is 36.4 Å². The lowest BCUT2D eigenvalue weighted by molar-refractivity contribution is 0.415. The molecule has 0 aliphatic heterocycles. The van der Waals surface area contributed by atoms with Crippen LogP contribution in [0.15, 0.2) is 36.4 Å². The van der Waals surface area contributed by atoms with Gasteiger partial charge in [-0.05, 0) is 29.7 Å². The second-order valence-corrected chi connectivity index (χ2v) is 3.09. The minimum absolute atomic E-state index is 0.880. The number of ether oxygens (including phenoxy) is 1. The first kappa shape index (κ1) is 8.88. The highest BCUT2D eigenvalue weighted by Gasteiger charge is 2.00. The summed E-state index contributed by atoms with van der Waals surface area (Å²) in [5, 5.41) is 6.54. The second-order valence-electron chi connectivity index (χ2n) is 3.09. The molecule has 0 aliphatic carbocycles. The predicted molar refractivity (Wildman–Crippen MR) is 58.2 cm³/mol. The summed E-state index contributed by atoms with van der Waals surface area (Å²) in [6, 6.07) is 12.1. The molecule has 0 saturated heterocycles. The molecule has 2 rings (SSSR count). The topological polar surface area (TPSA) is 23.3 Å². The summed E-state index contributed by atoms with van der Waals surface area (Å²) < 4.78 is 5.17. The maximum Gasteiger partial charge on any atom is 0.119 e. The van der Waals surface area contributed by atoms with Gasteiger partial charge in [-0.3, -0.25) is 5.32 Å². The fourth-order valence-electron chi connectivity index (χ4n) is 1.57. The molecule has 0 heterocycles. The smallest absolute Gasteiger partial charge is 0.119 e. The molecule has 0 aliphatic rings. The number of fused-ring (bicyclic) bond motifs is 1. The molecular formula is C12H12NO. The molecule has 0 spiro atoms. The molecule has 0 amide bonds. The average molecular weight is 186 g/mol. The number of methoxy groups -OCH3 is 1. The highest BCUT2D eigenvalue weighted by molar-refractivity contribution is 5.93. The van der Waals surface area contributed by atoms with Crippen LogP contribution < -0.4 is 10.1 Å². The number of hydrogen-bond donors (Lipinski definition) is 0. The number of nitrogens with zero attached hydrogens (tertiary/aromatic N) is 1. The van der Waals surface area contributed by atoms with Crippen molar-refractivity contribution < 1.29 is 4.74 Å². The largest absolute Gasteiger partial charge is 0.497 e. The van der Waals surface area contributed by atoms with Gasteiger partial charge >= 0.3 is 0 Å². The van der Waals surface area contributed by atoms with Gasteiger partial charge in [-0.15, -0.1) is 0 Å². The molecule has 0 atom stereocenters. The Morgan fingerprint density at radius 2 is 2.00 bits per heavy atom. The monoisotopic (exact) mass is 186 g/mol. The summed E-state index contributed by atoms with van der Waals surface area (Å²) in [4.78, 5) is 0. The Hall–Kier alpha value is -1.70. The Morgan fingerprint density at radius 1 is 1.14 bits per heavy atom. The van der Waals surface area contributed by atoms with Crippen molar-refractivity contribution in [1.82, 2.24) is 5.32 Å². The Bertz CT molecular complexity index is 451. The molecule has 1 radical (unpaired) electrons. The number of benzene rings is 2. The SMILES string of the molecule is C[N]c1cccc2cc(OC)ccc12. The van der Waals surface area contributed by atoms with Crippen molar-refractivity contribution >= 4 is 16.5 Å². The van der Waals surface area contributed by atoms with Crippen LogP contribution in [0, 0.1) is 0 Å². The molecule has 0 N–H and O–H groups in total. The van der Waals surface area contributed by atoms with Gasteiger partial charge in [0.1, 0.15) is 5.75 Å². The van der Waals surface area contributed by atoms with E-state index in [-0.39, 0.29) is 0 Å². The summed E-state index contributed by atoms with van der Waals surface area (Å²) in [5.74, 6) is 0.880. The van der Waals surface area contributed by atoms with Crippen LogP contribution in [0.1, 0.15) is 0 Å². The molecule has 2 aromatic rings. The van der Waals surface area contributed by atoms with E-state index in [1.807, 2.05) is 30.3 Å². The number of rotatable bonds is 2. The second kappa shape index (κ2) is 3.58. The van der Waals surface area contributed by atoms with E-state index in [1.165, 1.54) is 0 Å². The summed E-state index contributed by atoms with van der Waals surface area (Å²) in [6.07, 6.45) is 0. The molecule has 2 nitrogen and oxygen atoms in total. The first-order valence-electron chi connectivity index (χ1n) is 4.52. The van der Waals surface area contributed by atoms with Crippen LogP contribution in [0.2, 0.25) is 0 Å². The standard InChI is InChI=1S/C12H12NO/c1-13-12-5-3-4-9-8-10(14-2)6-7-11(9)12/h3-8H,1-2H3. The van der Waals surface area contributed by atoms with Crippen LogP contribution in [0.5, 0.6) is 5.75 Å². The fraction of sp³-hybridized carbons (Fsp3) is 0.167. The minimum atomic E-state index is 0.880. The van der Waals surface area contributed by atoms with E-state index in [2.05, 4.69) is 11.4 Å². The normalized spacial score (nSPS) is 10.1. The van der Waals surface area contributed by atoms with Crippen molar-refractivity contribution in [3.63, 3.8) is 0 Å². The minimum Gasteiger partial charge on any atom is -0.497 e. The Labute approximate surface area is 83.5 Å². The van der Waals surface area contributed by atoms with Crippen LogP contribution in [0.3, 0.4) is 0 Å². The summed E-state index contributed by atoms with van der Waals surface area (Å²) in [6.45, 7) is 0. The highest BCUT2D eigenvalue weighted by Crippen LogP contribution is 2.26. The molecule has 14 heavy (non-hydrogen) atoms. The Balaban J connectivity index is 2.67. The maximum absolute atomic E-state index is 5.17. The van der Waals surface area contributed by atoms with Gasteiger partial charge in [-0.1, -0.05) is 12.1 Å². The third-order valence-electron chi connectivity index (χ3n) is 2.31. The third-order valence-corrected chi connectivity index (χ3v) is 2.31. The predicted octanol–water partition coefficient (Wildman–Crippen LogP) is 2.71. The molecule has 0 saturated carbocycles. The zero-order valence-corrected chi connectivity index (χ0v) is 8.32. The van der Waals surface area contributed by atoms with E-state index < -0.39 is 0 Å². The first-order valence-corrected chi connectivity index (χ1v) is 4.52. The van der Waals surface area contributed by atoms with Gasteiger partial charge in [-0.25, -0.2) is 0 Å². The van der Waals surface area contributed by atoms with Crippen molar-refractivity contribution in [3.8, 4) is 5.75 Å². The average Bonchev–Trinajstić information content (AvgIpc) is 2.27. The lowest BCUT2D eigenvalue weighted by Gasteiger charge is -2.05. The molecular weight excluding hydrogens is 174 g/mol. The molecule has 0 unspecified atom stereocenters. The van der Waals surface area contributed by atoms with Gasteiger partial charge in [0.25, 0.3) is 0 Å². The van der Waals surface area contributed by atoms with Gasteiger partial charge in [-0.2, -0.15) is 0 Å². The molecule has 2 aromatic carbocycles. The van der Waals surface area contributed by atoms with Gasteiger partial charge in [0.15, 0.2) is 0 Å². The zero-order chi connectivity index (χ0) is 9.97. The van der Waals surface area contributed by atoms with Crippen LogP contribution >= 0.6 is 0 Å². The van der Waals surface area contributed by atoms with Gasteiger partial charge in [0.2, 0.25) is 0 Å². The van der Waals surface area contributed by atoms with Crippen LogP contribution in [-0.4, -0.2) is 14.2 Å². The number of hydrogen-bond acceptors (Lipinski definition) is 1. The molecule has 0 fully saturated rings. The zero-order valence-electron chi connectivity index (χ0n) is 8.32. The molecule has 0 aromatic heterocycles. The van der Waals surface area contributed by atoms with Crippen LogP contribution in [-0.2, 0) is 0 Å². The van der Waals surface area contributed by atoms with Crippen molar-refractivity contribution in [2.24, 2.45) is 0 Å². The van der Waals surface area contributed by atoms with E-state index in [4.69, 9.17) is 4.74 Å². The van der Waals surface area contributed by atoms with Crippen LogP contribution in [0.25, 0.3) is 10.8 Å². The fourth-order valence-corrected chi connectivity index (χ4v) is 1.57. The highest BCUT2D eigenvalue weighted by atomic mass is 16.5. The lowest BCUT2D eigenvalue weighted by atomic mass is 10.1. The molecule has 2 heteroatoms. The van der Waals surface area contributed by atoms with E-state index >= 15 is 0 Å². The van der Waals surface area contributed by atoms with E-state index in [0.29, 0.717) is 0 Å². The summed E-state index contributed by atoms with van der Waals surface area (Å²) in [5.41, 5.74) is 1.02. The van der Waals surface area contributed by atoms with Gasteiger partial charge in [0.05, 0.1) is 12.8 Å². The van der Waals surface area contributed by atoms with E-state index in [0.717, 1.165) is 22.2 Å². The Morgan fingerprint density at radius 3 is 2.71 bits per heavy atom. The van der Waals surface area contributed by atoms with Gasteiger partial charge < -0.3 is 4.74 Å². The van der Waals surface area contributed by atoms with Crippen molar-refractivity contribution in [2.45, 2.75) is 0 Å². The maximum atomic E-state index is 5.17. The van der Waals surface area contributed by atoms with Crippen LogP contribution in [0.4, 0.5) is 5.69 Å².